The van der Waals surface area contributed by atoms with E-state index in [4.69, 9.17) is 9.52 Å². The Hall–Kier alpha value is -1.10. The molecule has 2 N–H and O–H groups in total. The molecule has 17 heavy (non-hydrogen) atoms. The van der Waals surface area contributed by atoms with Crippen molar-refractivity contribution in [1.29, 1.82) is 0 Å². The average molecular weight is 251 g/mol. The van der Waals surface area contributed by atoms with Gasteiger partial charge in [-0.05, 0) is 30.0 Å². The maximum atomic E-state index is 8.91. The molecule has 0 aliphatic heterocycles. The summed E-state index contributed by atoms with van der Waals surface area (Å²) < 4.78 is 5.44. The van der Waals surface area contributed by atoms with Crippen molar-refractivity contribution in [3.63, 3.8) is 0 Å². The van der Waals surface area contributed by atoms with E-state index in [1.807, 2.05) is 12.1 Å². The normalized spacial score (nSPS) is 12.8. The van der Waals surface area contributed by atoms with Gasteiger partial charge in [-0.1, -0.05) is 13.0 Å². The van der Waals surface area contributed by atoms with Gasteiger partial charge in [0.05, 0.1) is 6.54 Å². The summed E-state index contributed by atoms with van der Waals surface area (Å²) in [6.45, 7) is 2.82. The molecule has 1 unspecified atom stereocenters. The van der Waals surface area contributed by atoms with Crippen LogP contribution in [0.2, 0.25) is 0 Å². The molecular weight excluding hydrogens is 234 g/mol. The molecule has 0 bridgehead atoms. The van der Waals surface area contributed by atoms with Crippen molar-refractivity contribution in [2.75, 3.05) is 0 Å². The van der Waals surface area contributed by atoms with Gasteiger partial charge in [0.15, 0.2) is 0 Å². The fourth-order valence-corrected chi connectivity index (χ4v) is 2.65. The number of nitrogens with one attached hydrogen (secondary N) is 1. The van der Waals surface area contributed by atoms with E-state index >= 15 is 0 Å². The first-order valence-electron chi connectivity index (χ1n) is 5.78. The summed E-state index contributed by atoms with van der Waals surface area (Å²) in [5.74, 6) is 1.48. The van der Waals surface area contributed by atoms with E-state index < -0.39 is 0 Å². The molecule has 2 rings (SSSR count). The lowest BCUT2D eigenvalue weighted by atomic mass is 10.2. The van der Waals surface area contributed by atoms with Crippen LogP contribution in [0.5, 0.6) is 0 Å². The molecule has 0 aliphatic rings. The van der Waals surface area contributed by atoms with Crippen LogP contribution in [0.25, 0.3) is 0 Å². The van der Waals surface area contributed by atoms with Gasteiger partial charge in [0.1, 0.15) is 18.1 Å². The number of furan rings is 1. The lowest BCUT2D eigenvalue weighted by Gasteiger charge is -2.14. The topological polar surface area (TPSA) is 45.4 Å². The minimum Gasteiger partial charge on any atom is -0.462 e. The predicted octanol–water partition coefficient (Wildman–Crippen LogP) is 3.07. The van der Waals surface area contributed by atoms with Gasteiger partial charge in [-0.3, -0.25) is 0 Å². The smallest absolute Gasteiger partial charge is 0.129 e. The highest BCUT2D eigenvalue weighted by Gasteiger charge is 2.10. The molecule has 0 amide bonds. The van der Waals surface area contributed by atoms with Crippen molar-refractivity contribution < 1.29 is 9.52 Å². The fraction of sp³-hybridized carbons (Fsp3) is 0.385. The molecule has 4 heteroatoms. The number of thiophene rings is 1. The molecule has 0 spiro atoms. The molecule has 3 nitrogen and oxygen atoms in total. The monoisotopic (exact) mass is 251 g/mol. The lowest BCUT2D eigenvalue weighted by molar-refractivity contribution is 0.242. The molecule has 92 valence electrons. The quantitative estimate of drug-likeness (QED) is 0.829. The zero-order valence-corrected chi connectivity index (χ0v) is 10.7. The summed E-state index contributed by atoms with van der Waals surface area (Å²) >= 11 is 1.77. The number of aliphatic hydroxyl groups is 1. The van der Waals surface area contributed by atoms with Crippen molar-refractivity contribution in [1.82, 2.24) is 5.32 Å². The van der Waals surface area contributed by atoms with Crippen LogP contribution in [0.15, 0.2) is 34.1 Å². The largest absolute Gasteiger partial charge is 0.462 e. The average Bonchev–Trinajstić information content (AvgIpc) is 3.00. The number of rotatable bonds is 6. The minimum absolute atomic E-state index is 0.0396. The Labute approximate surface area is 105 Å². The summed E-state index contributed by atoms with van der Waals surface area (Å²) in [6, 6.07) is 8.30. The van der Waals surface area contributed by atoms with E-state index in [0.717, 1.165) is 12.2 Å². The summed E-state index contributed by atoms with van der Waals surface area (Å²) in [7, 11) is 0. The van der Waals surface area contributed by atoms with E-state index in [1.54, 1.807) is 11.3 Å². The summed E-state index contributed by atoms with van der Waals surface area (Å²) in [6.07, 6.45) is 1.05. The van der Waals surface area contributed by atoms with E-state index in [-0.39, 0.29) is 6.61 Å². The van der Waals surface area contributed by atoms with Gasteiger partial charge in [-0.25, -0.2) is 0 Å². The Morgan fingerprint density at radius 3 is 2.76 bits per heavy atom. The first-order chi connectivity index (χ1) is 8.33. The van der Waals surface area contributed by atoms with Crippen LogP contribution in [-0.4, -0.2) is 5.11 Å². The van der Waals surface area contributed by atoms with Crippen molar-refractivity contribution >= 4 is 11.3 Å². The predicted molar refractivity (Wildman–Crippen MR) is 68.8 cm³/mol. The Balaban J connectivity index is 1.92. The summed E-state index contributed by atoms with van der Waals surface area (Å²) in [5, 5.41) is 14.5. The molecule has 2 heterocycles. The molecule has 2 aromatic heterocycles. The Kier molecular flexibility index (Phi) is 4.36. The highest BCUT2D eigenvalue weighted by Crippen LogP contribution is 2.22. The van der Waals surface area contributed by atoms with E-state index in [9.17, 15) is 0 Å². The van der Waals surface area contributed by atoms with E-state index in [1.165, 1.54) is 4.88 Å². The van der Waals surface area contributed by atoms with Gasteiger partial charge < -0.3 is 14.8 Å². The zero-order valence-electron chi connectivity index (χ0n) is 9.85. The van der Waals surface area contributed by atoms with Gasteiger partial charge in [0.25, 0.3) is 0 Å². The lowest BCUT2D eigenvalue weighted by Crippen LogP contribution is -2.18. The molecule has 2 aromatic rings. The third kappa shape index (κ3) is 3.19. The van der Waals surface area contributed by atoms with Crippen LogP contribution in [0, 0.1) is 0 Å². The molecule has 0 radical (unpaired) electrons. The third-order valence-electron chi connectivity index (χ3n) is 2.69. The summed E-state index contributed by atoms with van der Waals surface area (Å²) in [5.41, 5.74) is 0. The maximum Gasteiger partial charge on any atom is 0.129 e. The van der Waals surface area contributed by atoms with Crippen LogP contribution in [0.4, 0.5) is 0 Å². The van der Waals surface area contributed by atoms with Crippen LogP contribution >= 0.6 is 11.3 Å². The molecule has 0 aromatic carbocycles. The second kappa shape index (κ2) is 6.00. The van der Waals surface area contributed by atoms with Crippen molar-refractivity contribution in [2.24, 2.45) is 0 Å². The van der Waals surface area contributed by atoms with Gasteiger partial charge in [0, 0.05) is 10.9 Å². The molecular formula is C13H17NO2S. The minimum atomic E-state index is -0.0396. The molecule has 0 saturated heterocycles. The third-order valence-corrected chi connectivity index (χ3v) is 3.68. The molecule has 0 aliphatic carbocycles. The highest BCUT2D eigenvalue weighted by molar-refractivity contribution is 7.10. The van der Waals surface area contributed by atoms with Crippen molar-refractivity contribution in [2.45, 2.75) is 32.5 Å². The van der Waals surface area contributed by atoms with Gasteiger partial charge >= 0.3 is 0 Å². The second-order valence-corrected chi connectivity index (χ2v) is 4.86. The fourth-order valence-electron chi connectivity index (χ4n) is 1.76. The van der Waals surface area contributed by atoms with Gasteiger partial charge in [-0.2, -0.15) is 0 Å². The van der Waals surface area contributed by atoms with Gasteiger partial charge in [0.2, 0.25) is 0 Å². The Morgan fingerprint density at radius 2 is 2.18 bits per heavy atom. The highest BCUT2D eigenvalue weighted by atomic mass is 32.1. The van der Waals surface area contributed by atoms with Crippen LogP contribution < -0.4 is 5.32 Å². The van der Waals surface area contributed by atoms with Crippen molar-refractivity contribution in [3.8, 4) is 0 Å². The Morgan fingerprint density at radius 1 is 1.35 bits per heavy atom. The van der Waals surface area contributed by atoms with Gasteiger partial charge in [-0.15, -0.1) is 11.3 Å². The summed E-state index contributed by atoms with van der Waals surface area (Å²) in [4.78, 5) is 1.35. The standard InChI is InChI=1S/C13H17NO2S/c1-2-12(13-4-3-7-17-13)14-8-10-5-6-11(9-15)16-10/h3-7,12,14-15H,2,8-9H2,1H3. The van der Waals surface area contributed by atoms with Crippen LogP contribution in [0.3, 0.4) is 0 Å². The number of hydrogen-bond acceptors (Lipinski definition) is 4. The first-order valence-corrected chi connectivity index (χ1v) is 6.66. The van der Waals surface area contributed by atoms with Crippen molar-refractivity contribution in [3.05, 3.63) is 46.0 Å². The first kappa shape index (κ1) is 12.4. The maximum absolute atomic E-state index is 8.91. The van der Waals surface area contributed by atoms with E-state index in [2.05, 4.69) is 29.8 Å². The molecule has 0 fully saturated rings. The van der Waals surface area contributed by atoms with E-state index in [0.29, 0.717) is 18.3 Å². The zero-order chi connectivity index (χ0) is 12.1. The molecule has 1 atom stereocenters. The SMILES string of the molecule is CCC(NCc1ccc(CO)o1)c1cccs1. The van der Waals surface area contributed by atoms with Crippen LogP contribution in [-0.2, 0) is 13.2 Å². The van der Waals surface area contributed by atoms with Crippen LogP contribution in [0.1, 0.15) is 35.8 Å². The Bertz CT molecular complexity index is 436. The second-order valence-electron chi connectivity index (χ2n) is 3.88. The molecule has 0 saturated carbocycles. The number of aliphatic hydroxyl groups excluding tert-OH is 1. The number of hydrogen-bond donors (Lipinski definition) is 2.